The molecule has 4 aromatic rings. The molecule has 0 amide bonds. The Balaban J connectivity index is 1.31. The highest BCUT2D eigenvalue weighted by atomic mass is 16.6. The number of imidazole rings is 1. The topological polar surface area (TPSA) is 230 Å². The third-order valence-electron chi connectivity index (χ3n) is 6.69. The third-order valence-corrected chi connectivity index (χ3v) is 6.69. The molecule has 4 heterocycles. The van der Waals surface area contributed by atoms with Crippen LogP contribution in [0.4, 0.5) is 5.82 Å². The normalized spacial score (nSPS) is 28.1. The van der Waals surface area contributed by atoms with Crippen LogP contribution >= 0.6 is 0 Å². The molecule has 6 N–H and O–H groups in total. The number of hydrogen-bond acceptors (Lipinski definition) is 13. The zero-order chi connectivity index (χ0) is 25.9. The number of methoxy groups -OCH3 is 1. The predicted octanol–water partition coefficient (Wildman–Crippen LogP) is -1.46. The number of aliphatic carboxylic acids is 1. The second-order valence-electron chi connectivity index (χ2n) is 8.78. The summed E-state index contributed by atoms with van der Waals surface area (Å²) in [6, 6.07) is 8.71. The van der Waals surface area contributed by atoms with Gasteiger partial charge < -0.3 is 35.3 Å². The molecule has 0 radical (unpaired) electrons. The number of aromatic nitrogens is 8. The number of nitrogens with two attached hydrogens (primary N) is 1. The van der Waals surface area contributed by atoms with Crippen LogP contribution in [0.25, 0.3) is 11.2 Å². The van der Waals surface area contributed by atoms with E-state index in [1.807, 2.05) is 0 Å². The molecular formula is C21H21N9O7. The van der Waals surface area contributed by atoms with E-state index in [4.69, 9.17) is 19.9 Å². The van der Waals surface area contributed by atoms with Gasteiger partial charge in [0, 0.05) is 6.42 Å². The van der Waals surface area contributed by atoms with Crippen LogP contribution in [-0.4, -0.2) is 92.5 Å². The van der Waals surface area contributed by atoms with Gasteiger partial charge in [-0.2, -0.15) is 9.97 Å². The highest BCUT2D eigenvalue weighted by Gasteiger charge is 2.79. The van der Waals surface area contributed by atoms with Crippen molar-refractivity contribution in [1.82, 2.24) is 40.1 Å². The Hall–Kier alpha value is -4.25. The molecule has 3 aromatic heterocycles. The number of H-pyrrole nitrogens is 1. The number of rotatable bonds is 8. The lowest BCUT2D eigenvalue weighted by Crippen LogP contribution is -2.46. The molecule has 2 fully saturated rings. The number of benzene rings is 1. The fourth-order valence-electron chi connectivity index (χ4n) is 4.71. The fraction of sp³-hybridized carbons (Fsp3) is 0.381. The number of carboxylic acids is 1. The van der Waals surface area contributed by atoms with Crippen molar-refractivity contribution in [1.29, 1.82) is 0 Å². The molecule has 1 saturated heterocycles. The van der Waals surface area contributed by atoms with Crippen LogP contribution in [0.5, 0.6) is 6.01 Å². The minimum absolute atomic E-state index is 0.0165. The van der Waals surface area contributed by atoms with E-state index in [-0.39, 0.29) is 35.2 Å². The summed E-state index contributed by atoms with van der Waals surface area (Å²) in [6.45, 7) is 0. The molecule has 6 atom stereocenters. The van der Waals surface area contributed by atoms with Gasteiger partial charge >= 0.3 is 12.0 Å². The van der Waals surface area contributed by atoms with Crippen molar-refractivity contribution in [3.05, 3.63) is 48.0 Å². The van der Waals surface area contributed by atoms with Gasteiger partial charge in [-0.05, 0) is 16.0 Å². The Labute approximate surface area is 207 Å². The minimum Gasteiger partial charge on any atom is -0.479 e. The van der Waals surface area contributed by atoms with Gasteiger partial charge in [0.05, 0.1) is 13.4 Å². The first kappa shape index (κ1) is 23.2. The van der Waals surface area contributed by atoms with Crippen LogP contribution in [0.3, 0.4) is 0 Å². The SMILES string of the molecule is COc1nc(N)c2ncn([C@@H]3O[C@@H]4C(OC(Cc5ccccc5)(C(=O)O)c5nnn[nH]5)[C@]4(O)[C@H]3O)c2n1. The van der Waals surface area contributed by atoms with Gasteiger partial charge in [0.1, 0.15) is 18.3 Å². The van der Waals surface area contributed by atoms with Crippen LogP contribution in [0.2, 0.25) is 0 Å². The number of aromatic amines is 1. The molecule has 1 aromatic carbocycles. The molecule has 16 nitrogen and oxygen atoms in total. The molecule has 2 unspecified atom stereocenters. The van der Waals surface area contributed by atoms with Crippen molar-refractivity contribution >= 4 is 23.0 Å². The van der Waals surface area contributed by atoms with Crippen molar-refractivity contribution in [3.63, 3.8) is 0 Å². The smallest absolute Gasteiger partial charge is 0.344 e. The molecule has 0 spiro atoms. The molecule has 37 heavy (non-hydrogen) atoms. The van der Waals surface area contributed by atoms with Crippen LogP contribution < -0.4 is 10.5 Å². The summed E-state index contributed by atoms with van der Waals surface area (Å²) in [7, 11) is 1.37. The second-order valence-corrected chi connectivity index (χ2v) is 8.78. The lowest BCUT2D eigenvalue weighted by molar-refractivity contribution is -0.187. The number of nitrogens with one attached hydrogen (secondary N) is 1. The maximum Gasteiger partial charge on any atom is 0.344 e. The first-order valence-electron chi connectivity index (χ1n) is 11.1. The maximum absolute atomic E-state index is 12.6. The highest BCUT2D eigenvalue weighted by Crippen LogP contribution is 2.57. The number of carboxylic acid groups (broad SMARTS) is 1. The van der Waals surface area contributed by atoms with E-state index < -0.39 is 41.7 Å². The highest BCUT2D eigenvalue weighted by molar-refractivity contribution is 5.82. The van der Waals surface area contributed by atoms with Gasteiger partial charge in [0.25, 0.3) is 0 Å². The van der Waals surface area contributed by atoms with Crippen LogP contribution in [0.15, 0.2) is 36.7 Å². The van der Waals surface area contributed by atoms with Crippen molar-refractivity contribution in [2.75, 3.05) is 12.8 Å². The zero-order valence-corrected chi connectivity index (χ0v) is 19.2. The van der Waals surface area contributed by atoms with E-state index in [2.05, 4.69) is 35.6 Å². The van der Waals surface area contributed by atoms with E-state index in [1.54, 1.807) is 30.3 Å². The predicted molar refractivity (Wildman–Crippen MR) is 120 cm³/mol. The molecule has 16 heteroatoms. The quantitative estimate of drug-likeness (QED) is 0.182. The largest absolute Gasteiger partial charge is 0.479 e. The van der Waals surface area contributed by atoms with Crippen LogP contribution in [-0.2, 0) is 26.3 Å². The summed E-state index contributed by atoms with van der Waals surface area (Å²) in [6.07, 6.45) is -3.79. The zero-order valence-electron chi connectivity index (χ0n) is 19.2. The molecule has 2 aliphatic rings. The number of carbonyl (C=O) groups is 1. The number of nitrogen functional groups attached to an aromatic ring is 1. The Morgan fingerprint density at radius 3 is 2.73 bits per heavy atom. The third kappa shape index (κ3) is 3.34. The first-order valence-corrected chi connectivity index (χ1v) is 11.1. The molecule has 1 aliphatic heterocycles. The number of nitrogens with zero attached hydrogens (tertiary/aromatic N) is 7. The van der Waals surface area contributed by atoms with Crippen LogP contribution in [0, 0.1) is 0 Å². The van der Waals surface area contributed by atoms with E-state index in [1.165, 1.54) is 18.0 Å². The standard InChI is InChI=1S/C21H21N9O7/c1-35-19-24-14(22)10-15(25-19)30(8-23-10)16-11(31)21(34)12(36-16)13(21)37-20(18(32)33,17-26-28-29-27-17)7-9-5-3-2-4-6-9/h2-6,8,11-13,16,31,34H,7H2,1H3,(H,32,33)(H2,22,24,25)(H,26,27,28,29)/t11-,12+,13?,16+,20?,21-/m0/s1. The summed E-state index contributed by atoms with van der Waals surface area (Å²) >= 11 is 0. The molecule has 1 aliphatic carbocycles. The van der Waals surface area contributed by atoms with Crippen LogP contribution in [0.1, 0.15) is 17.6 Å². The van der Waals surface area contributed by atoms with Crippen molar-refractivity contribution in [2.24, 2.45) is 0 Å². The van der Waals surface area contributed by atoms with Crippen molar-refractivity contribution in [3.8, 4) is 6.01 Å². The molecule has 6 rings (SSSR count). The number of aliphatic hydroxyl groups is 2. The molecular weight excluding hydrogens is 490 g/mol. The Morgan fingerprint density at radius 1 is 1.32 bits per heavy atom. The average Bonchev–Trinajstić information content (AvgIpc) is 3.40. The summed E-state index contributed by atoms with van der Waals surface area (Å²) in [5.41, 5.74) is 2.96. The van der Waals surface area contributed by atoms with Crippen molar-refractivity contribution in [2.45, 2.75) is 42.2 Å². The lowest BCUT2D eigenvalue weighted by Gasteiger charge is -2.30. The summed E-state index contributed by atoms with van der Waals surface area (Å²) < 4.78 is 18.4. The van der Waals surface area contributed by atoms with Gasteiger partial charge in [-0.15, -0.1) is 5.10 Å². The van der Waals surface area contributed by atoms with E-state index >= 15 is 0 Å². The number of aliphatic hydroxyl groups excluding tert-OH is 1. The van der Waals surface area contributed by atoms with E-state index in [0.717, 1.165) is 0 Å². The Morgan fingerprint density at radius 2 is 2.11 bits per heavy atom. The molecule has 1 saturated carbocycles. The van der Waals surface area contributed by atoms with Gasteiger partial charge in [0.15, 0.2) is 34.6 Å². The van der Waals surface area contributed by atoms with E-state index in [9.17, 15) is 20.1 Å². The van der Waals surface area contributed by atoms with Crippen molar-refractivity contribution < 1.29 is 34.3 Å². The fourth-order valence-corrected chi connectivity index (χ4v) is 4.71. The second kappa shape index (κ2) is 8.13. The summed E-state index contributed by atoms with van der Waals surface area (Å²) in [4.78, 5) is 25.0. The molecule has 0 bridgehead atoms. The van der Waals surface area contributed by atoms with Gasteiger partial charge in [-0.1, -0.05) is 30.3 Å². The number of tetrazole rings is 1. The number of hydrogen-bond donors (Lipinski definition) is 5. The number of ether oxygens (including phenoxy) is 3. The monoisotopic (exact) mass is 511 g/mol. The minimum atomic E-state index is -2.11. The summed E-state index contributed by atoms with van der Waals surface area (Å²) in [5, 5.41) is 45.9. The maximum atomic E-state index is 12.6. The first-order chi connectivity index (χ1) is 17.8. The molecule has 192 valence electrons. The van der Waals surface area contributed by atoms with Gasteiger partial charge in [-0.3, -0.25) is 4.57 Å². The Bertz CT molecular complexity index is 1470. The Kier molecular flexibility index (Phi) is 5.09. The van der Waals surface area contributed by atoms with Gasteiger partial charge in [-0.25, -0.2) is 14.9 Å². The average molecular weight is 511 g/mol. The number of anilines is 1. The summed E-state index contributed by atoms with van der Waals surface area (Å²) in [5.74, 6) is -1.51. The number of fused-ring (bicyclic) bond motifs is 2. The van der Waals surface area contributed by atoms with Gasteiger partial charge in [0.2, 0.25) is 5.60 Å². The van der Waals surface area contributed by atoms with E-state index in [0.29, 0.717) is 5.56 Å². The lowest BCUT2D eigenvalue weighted by atomic mass is 9.93.